The number of hydrogen-bond acceptors (Lipinski definition) is 7. The summed E-state index contributed by atoms with van der Waals surface area (Å²) in [6, 6.07) is 15.8. The van der Waals surface area contributed by atoms with E-state index in [4.69, 9.17) is 25.3 Å². The average Bonchev–Trinajstić information content (AvgIpc) is 2.77. The Hall–Kier alpha value is -3.14. The molecule has 0 N–H and O–H groups in total. The number of aryl methyl sites for hydroxylation is 1. The minimum atomic E-state index is -3.56. The van der Waals surface area contributed by atoms with Gasteiger partial charge in [-0.1, -0.05) is 29.3 Å². The molecule has 0 spiro atoms. The van der Waals surface area contributed by atoms with Crippen molar-refractivity contribution in [3.63, 3.8) is 0 Å². The summed E-state index contributed by atoms with van der Waals surface area (Å²) in [5.41, 5.74) is 2.19. The Morgan fingerprint density at radius 3 is 2.50 bits per heavy atom. The first kappa shape index (κ1) is 25.5. The van der Waals surface area contributed by atoms with Crippen molar-refractivity contribution in [3.8, 4) is 17.4 Å². The van der Waals surface area contributed by atoms with Crippen LogP contribution in [0.1, 0.15) is 18.1 Å². The maximum atomic E-state index is 12.7. The highest BCUT2D eigenvalue weighted by Gasteiger charge is 2.20. The highest BCUT2D eigenvalue weighted by Crippen LogP contribution is 2.33. The van der Waals surface area contributed by atoms with Gasteiger partial charge in [-0.3, -0.25) is 8.98 Å². The number of aromatic nitrogens is 1. The molecule has 0 radical (unpaired) electrons. The van der Waals surface area contributed by atoms with E-state index in [1.165, 1.54) is 11.8 Å². The first-order chi connectivity index (χ1) is 16.1. The Labute approximate surface area is 204 Å². The third-order valence-corrected chi connectivity index (χ3v) is 5.48. The van der Waals surface area contributed by atoms with Crippen molar-refractivity contribution in [1.82, 2.24) is 4.98 Å². The van der Waals surface area contributed by atoms with Crippen molar-refractivity contribution in [2.75, 3.05) is 24.4 Å². The monoisotopic (exact) mass is 504 g/mol. The van der Waals surface area contributed by atoms with E-state index < -0.39 is 10.1 Å². The predicted octanol–water partition coefficient (Wildman–Crippen LogP) is 4.74. The van der Waals surface area contributed by atoms with Gasteiger partial charge in [-0.15, -0.1) is 0 Å². The SMILES string of the molecule is CC(=O)N(Cc1cc(C)ccc1OCCOS(C)(=O)=O)c1cccnc1Oc1ccc(Cl)cc1. The van der Waals surface area contributed by atoms with E-state index in [1.54, 1.807) is 48.7 Å². The Morgan fingerprint density at radius 1 is 1.09 bits per heavy atom. The minimum absolute atomic E-state index is 0.0288. The van der Waals surface area contributed by atoms with Crippen LogP contribution in [0.5, 0.6) is 17.4 Å². The number of ether oxygens (including phenoxy) is 2. The van der Waals surface area contributed by atoms with E-state index in [-0.39, 0.29) is 31.5 Å². The van der Waals surface area contributed by atoms with Crippen molar-refractivity contribution in [1.29, 1.82) is 0 Å². The van der Waals surface area contributed by atoms with Crippen LogP contribution in [-0.4, -0.2) is 38.8 Å². The molecule has 0 fully saturated rings. The van der Waals surface area contributed by atoms with E-state index in [9.17, 15) is 13.2 Å². The van der Waals surface area contributed by atoms with Gasteiger partial charge in [-0.25, -0.2) is 4.98 Å². The molecule has 8 nitrogen and oxygen atoms in total. The van der Waals surface area contributed by atoms with Crippen LogP contribution in [0.3, 0.4) is 0 Å². The summed E-state index contributed by atoms with van der Waals surface area (Å²) in [4.78, 5) is 18.5. The number of carbonyl (C=O) groups is 1. The smallest absolute Gasteiger partial charge is 0.264 e. The van der Waals surface area contributed by atoms with Crippen molar-refractivity contribution in [3.05, 3.63) is 76.9 Å². The molecule has 1 amide bonds. The van der Waals surface area contributed by atoms with Crippen LogP contribution in [0.25, 0.3) is 0 Å². The number of amides is 1. The highest BCUT2D eigenvalue weighted by atomic mass is 35.5. The van der Waals surface area contributed by atoms with Gasteiger partial charge >= 0.3 is 0 Å². The number of benzene rings is 2. The molecule has 0 aliphatic heterocycles. The predicted molar refractivity (Wildman–Crippen MR) is 130 cm³/mol. The fourth-order valence-electron chi connectivity index (χ4n) is 3.13. The summed E-state index contributed by atoms with van der Waals surface area (Å²) < 4.78 is 38.7. The van der Waals surface area contributed by atoms with Gasteiger partial charge in [0.1, 0.15) is 30.4 Å². The normalized spacial score (nSPS) is 11.2. The molecule has 0 saturated heterocycles. The molecule has 1 heterocycles. The molecule has 0 aliphatic carbocycles. The molecule has 1 aromatic heterocycles. The Morgan fingerprint density at radius 2 is 1.82 bits per heavy atom. The lowest BCUT2D eigenvalue weighted by Crippen LogP contribution is -2.28. The van der Waals surface area contributed by atoms with Crippen LogP contribution in [0.2, 0.25) is 5.02 Å². The van der Waals surface area contributed by atoms with Gasteiger partial charge in [0.05, 0.1) is 12.8 Å². The first-order valence-corrected chi connectivity index (χ1v) is 12.5. The number of carbonyl (C=O) groups excluding carboxylic acids is 1. The second-order valence-corrected chi connectivity index (χ2v) is 9.55. The number of nitrogens with zero attached hydrogens (tertiary/aromatic N) is 2. The highest BCUT2D eigenvalue weighted by molar-refractivity contribution is 7.85. The second kappa shape index (κ2) is 11.3. The van der Waals surface area contributed by atoms with Crippen molar-refractivity contribution in [2.45, 2.75) is 20.4 Å². The zero-order valence-electron chi connectivity index (χ0n) is 19.0. The van der Waals surface area contributed by atoms with E-state index in [2.05, 4.69) is 4.98 Å². The molecule has 34 heavy (non-hydrogen) atoms. The van der Waals surface area contributed by atoms with Crippen molar-refractivity contribution >= 4 is 33.3 Å². The van der Waals surface area contributed by atoms with Gasteiger partial charge in [0.15, 0.2) is 0 Å². The molecular formula is C24H25ClN2O6S. The van der Waals surface area contributed by atoms with Crippen molar-refractivity contribution in [2.24, 2.45) is 0 Å². The second-order valence-electron chi connectivity index (χ2n) is 7.47. The molecular weight excluding hydrogens is 480 g/mol. The summed E-state index contributed by atoms with van der Waals surface area (Å²) in [5, 5.41) is 0.577. The Kier molecular flexibility index (Phi) is 8.49. The lowest BCUT2D eigenvalue weighted by Gasteiger charge is -2.24. The molecule has 3 aromatic rings. The number of hydrogen-bond donors (Lipinski definition) is 0. The van der Waals surface area contributed by atoms with Crippen LogP contribution in [0.15, 0.2) is 60.8 Å². The summed E-state index contributed by atoms with van der Waals surface area (Å²) in [6.07, 6.45) is 2.56. The standard InChI is InChI=1S/C24H25ClN2O6S/c1-17-6-11-23(31-13-14-32-34(3,29)30)19(15-17)16-27(18(2)28)22-5-4-12-26-24(22)33-21-9-7-20(25)8-10-21/h4-12,15H,13-14,16H2,1-3H3. The fraction of sp³-hybridized carbons (Fsp3) is 0.250. The summed E-state index contributed by atoms with van der Waals surface area (Å²) in [7, 11) is -3.56. The third kappa shape index (κ3) is 7.44. The number of rotatable bonds is 10. The van der Waals surface area contributed by atoms with E-state index in [1.807, 2.05) is 19.1 Å². The van der Waals surface area contributed by atoms with Gasteiger partial charge in [0.2, 0.25) is 11.8 Å². The third-order valence-electron chi connectivity index (χ3n) is 4.63. The maximum absolute atomic E-state index is 12.7. The first-order valence-electron chi connectivity index (χ1n) is 10.4. The van der Waals surface area contributed by atoms with Gasteiger partial charge < -0.3 is 14.4 Å². The summed E-state index contributed by atoms with van der Waals surface area (Å²) in [6.45, 7) is 3.47. The van der Waals surface area contributed by atoms with E-state index in [0.717, 1.165) is 17.4 Å². The molecule has 0 unspecified atom stereocenters. The number of halogens is 1. The lowest BCUT2D eigenvalue weighted by molar-refractivity contribution is -0.116. The molecule has 3 rings (SSSR count). The number of anilines is 1. The average molecular weight is 505 g/mol. The van der Waals surface area contributed by atoms with Gasteiger partial charge in [-0.05, 0) is 49.4 Å². The largest absolute Gasteiger partial charge is 0.491 e. The molecule has 10 heteroatoms. The summed E-state index contributed by atoms with van der Waals surface area (Å²) in [5.74, 6) is 1.08. The molecule has 180 valence electrons. The lowest BCUT2D eigenvalue weighted by atomic mass is 10.1. The van der Waals surface area contributed by atoms with E-state index >= 15 is 0 Å². The Balaban J connectivity index is 1.85. The zero-order chi connectivity index (χ0) is 24.7. The number of pyridine rings is 1. The topological polar surface area (TPSA) is 95.0 Å². The van der Waals surface area contributed by atoms with Gasteiger partial charge in [0.25, 0.3) is 10.1 Å². The van der Waals surface area contributed by atoms with Crippen LogP contribution in [0.4, 0.5) is 5.69 Å². The Bertz CT molecular complexity index is 1250. The van der Waals surface area contributed by atoms with Gasteiger partial charge in [-0.2, -0.15) is 8.42 Å². The van der Waals surface area contributed by atoms with Crippen LogP contribution < -0.4 is 14.4 Å². The summed E-state index contributed by atoms with van der Waals surface area (Å²) >= 11 is 5.95. The fourth-order valence-corrected chi connectivity index (χ4v) is 3.62. The van der Waals surface area contributed by atoms with Gasteiger partial charge in [0, 0.05) is 23.7 Å². The van der Waals surface area contributed by atoms with E-state index in [0.29, 0.717) is 22.2 Å². The maximum Gasteiger partial charge on any atom is 0.264 e. The molecule has 0 bridgehead atoms. The zero-order valence-corrected chi connectivity index (χ0v) is 20.6. The van der Waals surface area contributed by atoms with Crippen LogP contribution in [-0.2, 0) is 25.6 Å². The van der Waals surface area contributed by atoms with Crippen LogP contribution >= 0.6 is 11.6 Å². The van der Waals surface area contributed by atoms with Crippen molar-refractivity contribution < 1.29 is 26.9 Å². The quantitative estimate of drug-likeness (QED) is 0.290. The molecule has 0 aliphatic rings. The molecule has 2 aromatic carbocycles. The minimum Gasteiger partial charge on any atom is -0.491 e. The molecule has 0 saturated carbocycles. The molecule has 0 atom stereocenters. The van der Waals surface area contributed by atoms with Crippen LogP contribution in [0, 0.1) is 6.92 Å².